The summed E-state index contributed by atoms with van der Waals surface area (Å²) < 4.78 is 10.2. The number of methoxy groups -OCH3 is 2. The SMILES string of the molecule is COc1cccc(OC)c1C(=O)N[C@H](C)C=O. The van der Waals surface area contributed by atoms with Gasteiger partial charge in [0, 0.05) is 0 Å². The standard InChI is InChI=1S/C12H15NO4/c1-8(7-14)13-12(15)11-9(16-2)5-4-6-10(11)17-3/h4-8H,1-3H3,(H,13,15)/t8-/m1/s1. The highest BCUT2D eigenvalue weighted by atomic mass is 16.5. The predicted molar refractivity (Wildman–Crippen MR) is 62.5 cm³/mol. The molecule has 1 aromatic rings. The Kier molecular flexibility index (Phi) is 4.51. The number of rotatable bonds is 5. The van der Waals surface area contributed by atoms with E-state index in [0.717, 1.165) is 0 Å². The predicted octanol–water partition coefficient (Wildman–Crippen LogP) is 1.02. The Morgan fingerprint density at radius 3 is 2.24 bits per heavy atom. The maximum absolute atomic E-state index is 11.9. The summed E-state index contributed by atoms with van der Waals surface area (Å²) >= 11 is 0. The van der Waals surface area contributed by atoms with Gasteiger partial charge in [-0.05, 0) is 19.1 Å². The monoisotopic (exact) mass is 237 g/mol. The van der Waals surface area contributed by atoms with E-state index in [-0.39, 0.29) is 5.56 Å². The summed E-state index contributed by atoms with van der Waals surface area (Å²) in [6, 6.07) is 4.47. The van der Waals surface area contributed by atoms with Crippen molar-refractivity contribution in [1.82, 2.24) is 5.32 Å². The summed E-state index contributed by atoms with van der Waals surface area (Å²) in [4.78, 5) is 22.4. The first-order valence-electron chi connectivity index (χ1n) is 5.11. The fraction of sp³-hybridized carbons (Fsp3) is 0.333. The molecule has 0 fully saturated rings. The molecule has 0 aliphatic carbocycles. The normalized spacial score (nSPS) is 11.5. The van der Waals surface area contributed by atoms with Crippen molar-refractivity contribution in [2.24, 2.45) is 0 Å². The van der Waals surface area contributed by atoms with Crippen LogP contribution in [0, 0.1) is 0 Å². The Morgan fingerprint density at radius 1 is 1.29 bits per heavy atom. The van der Waals surface area contributed by atoms with Crippen LogP contribution in [0.2, 0.25) is 0 Å². The van der Waals surface area contributed by atoms with Gasteiger partial charge in [-0.15, -0.1) is 0 Å². The number of carbonyl (C=O) groups is 2. The van der Waals surface area contributed by atoms with E-state index in [2.05, 4.69) is 5.32 Å². The first-order chi connectivity index (χ1) is 8.13. The number of hydrogen-bond donors (Lipinski definition) is 1. The van der Waals surface area contributed by atoms with Crippen LogP contribution in [0.15, 0.2) is 18.2 Å². The summed E-state index contributed by atoms with van der Waals surface area (Å²) in [7, 11) is 2.93. The summed E-state index contributed by atoms with van der Waals surface area (Å²) in [5.41, 5.74) is 0.284. The molecule has 92 valence electrons. The van der Waals surface area contributed by atoms with Crippen molar-refractivity contribution in [1.29, 1.82) is 0 Å². The molecule has 17 heavy (non-hydrogen) atoms. The molecule has 1 amide bonds. The van der Waals surface area contributed by atoms with Crippen LogP contribution in [0.1, 0.15) is 17.3 Å². The van der Waals surface area contributed by atoms with E-state index >= 15 is 0 Å². The molecule has 0 saturated heterocycles. The van der Waals surface area contributed by atoms with E-state index in [9.17, 15) is 9.59 Å². The van der Waals surface area contributed by atoms with Crippen LogP contribution in [-0.2, 0) is 4.79 Å². The first-order valence-corrected chi connectivity index (χ1v) is 5.11. The zero-order valence-corrected chi connectivity index (χ0v) is 10.0. The third kappa shape index (κ3) is 2.96. The minimum atomic E-state index is -0.558. The molecule has 5 heteroatoms. The number of benzene rings is 1. The Labute approximate surface area is 99.7 Å². The molecule has 1 N–H and O–H groups in total. The van der Waals surface area contributed by atoms with Crippen LogP contribution in [0.4, 0.5) is 0 Å². The minimum absolute atomic E-state index is 0.284. The van der Waals surface area contributed by atoms with E-state index in [1.165, 1.54) is 14.2 Å². The number of ether oxygens (including phenoxy) is 2. The third-order valence-corrected chi connectivity index (χ3v) is 2.22. The van der Waals surface area contributed by atoms with Gasteiger partial charge in [-0.2, -0.15) is 0 Å². The van der Waals surface area contributed by atoms with Gasteiger partial charge in [-0.25, -0.2) is 0 Å². The van der Waals surface area contributed by atoms with Crippen LogP contribution in [0.25, 0.3) is 0 Å². The molecule has 0 radical (unpaired) electrons. The second-order valence-electron chi connectivity index (χ2n) is 3.44. The number of amides is 1. The molecule has 5 nitrogen and oxygen atoms in total. The number of carbonyl (C=O) groups excluding carboxylic acids is 2. The second-order valence-corrected chi connectivity index (χ2v) is 3.44. The highest BCUT2D eigenvalue weighted by Crippen LogP contribution is 2.27. The van der Waals surface area contributed by atoms with Crippen molar-refractivity contribution >= 4 is 12.2 Å². The van der Waals surface area contributed by atoms with Crippen molar-refractivity contribution in [2.45, 2.75) is 13.0 Å². The molecule has 0 spiro atoms. The first kappa shape index (κ1) is 13.0. The maximum atomic E-state index is 11.9. The summed E-state index contributed by atoms with van der Waals surface area (Å²) in [5.74, 6) is 0.402. The topological polar surface area (TPSA) is 64.6 Å². The third-order valence-electron chi connectivity index (χ3n) is 2.22. The fourth-order valence-electron chi connectivity index (χ4n) is 1.39. The lowest BCUT2D eigenvalue weighted by atomic mass is 10.1. The lowest BCUT2D eigenvalue weighted by molar-refractivity contribution is -0.109. The van der Waals surface area contributed by atoms with Crippen LogP contribution in [0.3, 0.4) is 0 Å². The van der Waals surface area contributed by atoms with E-state index in [0.29, 0.717) is 17.8 Å². The Morgan fingerprint density at radius 2 is 1.82 bits per heavy atom. The zero-order valence-electron chi connectivity index (χ0n) is 10.0. The molecule has 0 saturated carbocycles. The van der Waals surface area contributed by atoms with Gasteiger partial charge >= 0.3 is 0 Å². The lowest BCUT2D eigenvalue weighted by Gasteiger charge is -2.13. The van der Waals surface area contributed by atoms with Crippen LogP contribution < -0.4 is 14.8 Å². The van der Waals surface area contributed by atoms with Crippen LogP contribution >= 0.6 is 0 Å². The smallest absolute Gasteiger partial charge is 0.259 e. The van der Waals surface area contributed by atoms with Crippen LogP contribution in [-0.4, -0.2) is 32.5 Å². The van der Waals surface area contributed by atoms with Gasteiger partial charge in [-0.3, -0.25) is 4.79 Å². The molecule has 0 heterocycles. The number of hydrogen-bond acceptors (Lipinski definition) is 4. The summed E-state index contributed by atoms with van der Waals surface area (Å²) in [6.07, 6.45) is 0.653. The molecule has 1 aromatic carbocycles. The van der Waals surface area contributed by atoms with Crippen molar-refractivity contribution < 1.29 is 19.1 Å². The van der Waals surface area contributed by atoms with Crippen molar-refractivity contribution in [2.75, 3.05) is 14.2 Å². The Bertz CT molecular complexity index is 395. The lowest BCUT2D eigenvalue weighted by Crippen LogP contribution is -2.33. The molecule has 0 unspecified atom stereocenters. The van der Waals surface area contributed by atoms with Crippen LogP contribution in [0.5, 0.6) is 11.5 Å². The molecule has 0 bridgehead atoms. The summed E-state index contributed by atoms with van der Waals surface area (Å²) in [6.45, 7) is 1.59. The molecule has 1 atom stereocenters. The zero-order chi connectivity index (χ0) is 12.8. The second kappa shape index (κ2) is 5.89. The van der Waals surface area contributed by atoms with Gasteiger partial charge in [0.25, 0.3) is 5.91 Å². The van der Waals surface area contributed by atoms with Gasteiger partial charge in [-0.1, -0.05) is 6.07 Å². The highest BCUT2D eigenvalue weighted by Gasteiger charge is 2.19. The minimum Gasteiger partial charge on any atom is -0.496 e. The van der Waals surface area contributed by atoms with Gasteiger partial charge < -0.3 is 19.6 Å². The average molecular weight is 237 g/mol. The van der Waals surface area contributed by atoms with E-state index in [1.807, 2.05) is 0 Å². The Hall–Kier alpha value is -2.04. The van der Waals surface area contributed by atoms with E-state index in [1.54, 1.807) is 25.1 Å². The number of aldehydes is 1. The van der Waals surface area contributed by atoms with Gasteiger partial charge in [0.05, 0.1) is 20.3 Å². The summed E-state index contributed by atoms with van der Waals surface area (Å²) in [5, 5.41) is 2.53. The largest absolute Gasteiger partial charge is 0.496 e. The number of nitrogens with one attached hydrogen (secondary N) is 1. The average Bonchev–Trinajstić information content (AvgIpc) is 2.37. The van der Waals surface area contributed by atoms with Crippen molar-refractivity contribution in [3.05, 3.63) is 23.8 Å². The van der Waals surface area contributed by atoms with E-state index < -0.39 is 11.9 Å². The Balaban J connectivity index is 3.09. The maximum Gasteiger partial charge on any atom is 0.259 e. The molecular formula is C12H15NO4. The van der Waals surface area contributed by atoms with Gasteiger partial charge in [0.1, 0.15) is 23.3 Å². The van der Waals surface area contributed by atoms with Crippen molar-refractivity contribution in [3.63, 3.8) is 0 Å². The quantitative estimate of drug-likeness (QED) is 0.776. The molecule has 0 aromatic heterocycles. The molecule has 0 aliphatic rings. The van der Waals surface area contributed by atoms with E-state index in [4.69, 9.17) is 9.47 Å². The molecule has 0 aliphatic heterocycles. The van der Waals surface area contributed by atoms with Gasteiger partial charge in [0.15, 0.2) is 0 Å². The molecular weight excluding hydrogens is 222 g/mol. The highest BCUT2D eigenvalue weighted by molar-refractivity contribution is 6.00. The van der Waals surface area contributed by atoms with Crippen molar-refractivity contribution in [3.8, 4) is 11.5 Å². The molecule has 1 rings (SSSR count). The fourth-order valence-corrected chi connectivity index (χ4v) is 1.39. The van der Waals surface area contributed by atoms with Gasteiger partial charge in [0.2, 0.25) is 0 Å².